The Morgan fingerprint density at radius 1 is 1.19 bits per heavy atom. The Labute approximate surface area is 179 Å². The number of carbonyl (C=O) groups excluding carboxylic acids is 2. The van der Waals surface area contributed by atoms with Gasteiger partial charge in [-0.2, -0.15) is 13.2 Å². The number of halogens is 4. The molecule has 0 unspecified atom stereocenters. The number of nitrogens with one attached hydrogen (secondary N) is 1. The summed E-state index contributed by atoms with van der Waals surface area (Å²) >= 11 is 0. The van der Waals surface area contributed by atoms with Crippen molar-refractivity contribution in [3.05, 3.63) is 35.1 Å². The van der Waals surface area contributed by atoms with Crippen LogP contribution in [0.1, 0.15) is 54.9 Å². The molecule has 2 aliphatic rings. The van der Waals surface area contributed by atoms with Crippen molar-refractivity contribution in [2.75, 3.05) is 33.2 Å². The summed E-state index contributed by atoms with van der Waals surface area (Å²) in [6, 6.07) is 1.83. The number of hydrogen-bond acceptors (Lipinski definition) is 3. The van der Waals surface area contributed by atoms with Crippen molar-refractivity contribution >= 4 is 11.8 Å². The lowest BCUT2D eigenvalue weighted by Gasteiger charge is -2.46. The van der Waals surface area contributed by atoms with E-state index in [2.05, 4.69) is 17.1 Å². The van der Waals surface area contributed by atoms with Crippen molar-refractivity contribution in [1.29, 1.82) is 0 Å². The van der Waals surface area contributed by atoms with Gasteiger partial charge in [0.25, 0.3) is 5.91 Å². The molecule has 1 saturated heterocycles. The van der Waals surface area contributed by atoms with Crippen molar-refractivity contribution in [3.63, 3.8) is 0 Å². The van der Waals surface area contributed by atoms with Gasteiger partial charge in [-0.15, -0.1) is 0 Å². The third-order valence-electron chi connectivity index (χ3n) is 6.72. The van der Waals surface area contributed by atoms with E-state index >= 15 is 0 Å². The molecule has 5 nitrogen and oxygen atoms in total. The first kappa shape index (κ1) is 23.5. The number of carbonyl (C=O) groups is 2. The zero-order valence-electron chi connectivity index (χ0n) is 17.9. The lowest BCUT2D eigenvalue weighted by Crippen LogP contribution is -2.55. The minimum Gasteiger partial charge on any atom is -0.352 e. The molecule has 0 bridgehead atoms. The number of likely N-dealkylation sites (tertiary alicyclic amines) is 1. The first-order chi connectivity index (χ1) is 14.5. The largest absolute Gasteiger partial charge is 0.416 e. The highest BCUT2D eigenvalue weighted by Gasteiger charge is 2.38. The minimum atomic E-state index is -4.72. The van der Waals surface area contributed by atoms with Gasteiger partial charge in [0.05, 0.1) is 12.1 Å². The minimum absolute atomic E-state index is 0.0252. The smallest absolute Gasteiger partial charge is 0.352 e. The summed E-state index contributed by atoms with van der Waals surface area (Å²) in [7, 11) is 1.86. The van der Waals surface area contributed by atoms with Crippen LogP contribution in [0.15, 0.2) is 18.2 Å². The van der Waals surface area contributed by atoms with Crippen LogP contribution in [-0.4, -0.2) is 60.4 Å². The van der Waals surface area contributed by atoms with Crippen LogP contribution in [0, 0.1) is 11.7 Å². The van der Waals surface area contributed by atoms with Gasteiger partial charge in [0.1, 0.15) is 5.82 Å². The van der Waals surface area contributed by atoms with Crippen LogP contribution in [0.25, 0.3) is 0 Å². The Kier molecular flexibility index (Phi) is 6.93. The molecule has 9 heteroatoms. The summed E-state index contributed by atoms with van der Waals surface area (Å²) in [5.41, 5.74) is -1.55. The van der Waals surface area contributed by atoms with E-state index < -0.39 is 23.5 Å². The fourth-order valence-corrected chi connectivity index (χ4v) is 4.19. The molecule has 0 atom stereocenters. The van der Waals surface area contributed by atoms with Gasteiger partial charge < -0.3 is 10.2 Å². The second-order valence-electron chi connectivity index (χ2n) is 8.96. The third-order valence-corrected chi connectivity index (χ3v) is 6.72. The first-order valence-corrected chi connectivity index (χ1v) is 10.6. The fraction of sp³-hybridized carbons (Fsp3) is 0.636. The fourth-order valence-electron chi connectivity index (χ4n) is 4.19. The highest BCUT2D eigenvalue weighted by atomic mass is 19.4. The number of amides is 2. The normalized spacial score (nSPS) is 19.5. The van der Waals surface area contributed by atoms with Crippen LogP contribution in [0.2, 0.25) is 0 Å². The molecule has 1 aliphatic heterocycles. The van der Waals surface area contributed by atoms with E-state index in [1.54, 1.807) is 0 Å². The molecule has 172 valence electrons. The number of benzene rings is 1. The molecule has 2 amide bonds. The average Bonchev–Trinajstić information content (AvgIpc) is 2.69. The molecule has 1 N–H and O–H groups in total. The Hall–Kier alpha value is -2.16. The average molecular weight is 443 g/mol. The standard InChI is InChI=1S/C22H29F4N3O2/c1-21(6-3-7-21)28(2)19(30)14-29-8-4-15(5-9-29)13-27-20(31)16-10-17(22(24,25)26)12-18(23)11-16/h10-12,15H,3-9,13-14H2,1-2H3,(H,27,31). The van der Waals surface area contributed by atoms with Gasteiger partial charge in [-0.05, 0) is 76.2 Å². The zero-order valence-corrected chi connectivity index (χ0v) is 17.9. The molecule has 1 aromatic carbocycles. The van der Waals surface area contributed by atoms with Gasteiger partial charge in [-0.1, -0.05) is 0 Å². The summed E-state index contributed by atoms with van der Waals surface area (Å²) in [5.74, 6) is -1.55. The first-order valence-electron chi connectivity index (χ1n) is 10.6. The summed E-state index contributed by atoms with van der Waals surface area (Å²) in [4.78, 5) is 28.7. The van der Waals surface area contributed by atoms with Crippen LogP contribution >= 0.6 is 0 Å². The molecule has 2 fully saturated rings. The predicted molar refractivity (Wildman–Crippen MR) is 108 cm³/mol. The quantitative estimate of drug-likeness (QED) is 0.683. The van der Waals surface area contributed by atoms with Gasteiger partial charge in [0.15, 0.2) is 0 Å². The van der Waals surface area contributed by atoms with Gasteiger partial charge in [-0.25, -0.2) is 4.39 Å². The van der Waals surface area contributed by atoms with Crippen molar-refractivity contribution in [2.45, 2.75) is 50.7 Å². The number of likely N-dealkylation sites (N-methyl/N-ethyl adjacent to an activating group) is 1. The van der Waals surface area contributed by atoms with Crippen molar-refractivity contribution in [1.82, 2.24) is 15.1 Å². The summed E-state index contributed by atoms with van der Waals surface area (Å²) in [6.45, 7) is 4.22. The van der Waals surface area contributed by atoms with Crippen LogP contribution in [0.5, 0.6) is 0 Å². The van der Waals surface area contributed by atoms with Crippen molar-refractivity contribution in [2.24, 2.45) is 5.92 Å². The number of alkyl halides is 3. The molecule has 0 aromatic heterocycles. The second kappa shape index (κ2) is 9.14. The number of hydrogen-bond donors (Lipinski definition) is 1. The van der Waals surface area contributed by atoms with E-state index in [1.165, 1.54) is 0 Å². The Morgan fingerprint density at radius 3 is 2.39 bits per heavy atom. The topological polar surface area (TPSA) is 52.7 Å². The van der Waals surface area contributed by atoms with Crippen molar-refractivity contribution in [3.8, 4) is 0 Å². The van der Waals surface area contributed by atoms with Gasteiger partial charge in [0, 0.05) is 24.7 Å². The maximum Gasteiger partial charge on any atom is 0.416 e. The molecule has 1 aliphatic carbocycles. The van der Waals surface area contributed by atoms with E-state index in [-0.39, 0.29) is 22.9 Å². The maximum atomic E-state index is 13.5. The highest BCUT2D eigenvalue weighted by Crippen LogP contribution is 2.36. The molecule has 0 radical (unpaired) electrons. The van der Waals surface area contributed by atoms with Gasteiger partial charge >= 0.3 is 6.18 Å². The monoisotopic (exact) mass is 443 g/mol. The van der Waals surface area contributed by atoms with E-state index in [0.717, 1.165) is 51.3 Å². The molecule has 31 heavy (non-hydrogen) atoms. The lowest BCUT2D eigenvalue weighted by molar-refractivity contribution is -0.140. The summed E-state index contributed by atoms with van der Waals surface area (Å²) in [6.07, 6.45) is 0.0421. The zero-order chi connectivity index (χ0) is 22.8. The number of rotatable bonds is 6. The Bertz CT molecular complexity index is 815. The summed E-state index contributed by atoms with van der Waals surface area (Å²) in [5, 5.41) is 2.62. The Morgan fingerprint density at radius 2 is 1.84 bits per heavy atom. The molecular weight excluding hydrogens is 414 g/mol. The molecule has 1 saturated carbocycles. The van der Waals surface area contributed by atoms with Crippen LogP contribution in [-0.2, 0) is 11.0 Å². The summed E-state index contributed by atoms with van der Waals surface area (Å²) < 4.78 is 52.0. The van der Waals surface area contributed by atoms with Crippen molar-refractivity contribution < 1.29 is 27.2 Å². The molecular formula is C22H29F4N3O2. The van der Waals surface area contributed by atoms with Crippen LogP contribution in [0.3, 0.4) is 0 Å². The van der Waals surface area contributed by atoms with Crippen LogP contribution < -0.4 is 5.32 Å². The highest BCUT2D eigenvalue weighted by molar-refractivity contribution is 5.94. The molecule has 0 spiro atoms. The molecule has 3 rings (SSSR count). The molecule has 1 heterocycles. The van der Waals surface area contributed by atoms with Crippen LogP contribution in [0.4, 0.5) is 17.6 Å². The van der Waals surface area contributed by atoms with Gasteiger partial charge in [0.2, 0.25) is 5.91 Å². The maximum absolute atomic E-state index is 13.5. The second-order valence-corrected chi connectivity index (χ2v) is 8.96. The van der Waals surface area contributed by atoms with E-state index in [9.17, 15) is 27.2 Å². The van der Waals surface area contributed by atoms with Gasteiger partial charge in [-0.3, -0.25) is 14.5 Å². The number of nitrogens with zero attached hydrogens (tertiary/aromatic N) is 2. The Balaban J connectivity index is 1.45. The van der Waals surface area contributed by atoms with E-state index in [4.69, 9.17) is 0 Å². The lowest BCUT2D eigenvalue weighted by atomic mass is 9.77. The van der Waals surface area contributed by atoms with E-state index in [0.29, 0.717) is 25.2 Å². The SMILES string of the molecule is CN(C(=O)CN1CCC(CNC(=O)c2cc(F)cc(C(F)(F)F)c2)CC1)C1(C)CCC1. The third kappa shape index (κ3) is 5.75. The number of piperidine rings is 1. The van der Waals surface area contributed by atoms with E-state index in [1.807, 2.05) is 11.9 Å². The predicted octanol–water partition coefficient (Wildman–Crippen LogP) is 3.69. The molecule has 1 aromatic rings.